The average molecular weight is 406 g/mol. The number of rotatable bonds is 3. The number of nitrogens with zero attached hydrogens (tertiary/aromatic N) is 4. The molecule has 1 unspecified atom stereocenters. The van der Waals surface area contributed by atoms with E-state index in [9.17, 15) is 9.50 Å². The molecule has 2 fully saturated rings. The Morgan fingerprint density at radius 2 is 2.07 bits per heavy atom. The predicted octanol–water partition coefficient (Wildman–Crippen LogP) is 0.916. The molecule has 0 amide bonds. The predicted molar refractivity (Wildman–Crippen MR) is 109 cm³/mol. The molecule has 4 rings (SSSR count). The number of anilines is 2. The number of nitrogens with one attached hydrogen (secondary N) is 1. The summed E-state index contributed by atoms with van der Waals surface area (Å²) in [4.78, 5) is 10.5. The lowest BCUT2D eigenvalue weighted by atomic mass is 9.90. The van der Waals surface area contributed by atoms with Crippen LogP contribution in [0.2, 0.25) is 5.02 Å². The fraction of sp³-hybridized carbons (Fsp3) is 0.444. The Bertz CT molecular complexity index is 868. The maximum atomic E-state index is 14.3. The number of hydrogen-bond donors (Lipinski definition) is 2. The number of hydrogen-bond acceptors (Lipinski definition) is 7. The maximum Gasteiger partial charge on any atom is 0.242 e. The summed E-state index contributed by atoms with van der Waals surface area (Å²) in [6.45, 7) is 2.98. The van der Waals surface area contributed by atoms with Crippen LogP contribution < -0.4 is 20.8 Å². The Morgan fingerprint density at radius 3 is 2.86 bits per heavy atom. The standard InChI is InChI=1S/C18H22BClFN5O2/c19-11-8-12(16(27)13(20)9-11)15-2-1-3-26(24-15)18-22-10-14(21)17(23-18)25-4-6-28-7-5-25/h8-10,15,24,27H,1-7,19H2. The molecule has 2 aliphatic rings. The number of aromatic nitrogens is 2. The van der Waals surface area contributed by atoms with Gasteiger partial charge in [-0.15, -0.1) is 0 Å². The van der Waals surface area contributed by atoms with E-state index in [4.69, 9.17) is 16.3 Å². The van der Waals surface area contributed by atoms with Crippen LogP contribution in [0.5, 0.6) is 5.75 Å². The van der Waals surface area contributed by atoms with Gasteiger partial charge >= 0.3 is 0 Å². The van der Waals surface area contributed by atoms with Crippen LogP contribution in [0.25, 0.3) is 0 Å². The van der Waals surface area contributed by atoms with Crippen molar-refractivity contribution in [1.82, 2.24) is 15.4 Å². The van der Waals surface area contributed by atoms with Gasteiger partial charge in [0.2, 0.25) is 5.95 Å². The van der Waals surface area contributed by atoms with Gasteiger partial charge in [-0.05, 0) is 18.9 Å². The second-order valence-corrected chi connectivity index (χ2v) is 7.51. The van der Waals surface area contributed by atoms with Crippen molar-refractivity contribution in [2.75, 3.05) is 42.8 Å². The molecule has 0 saturated carbocycles. The molecule has 10 heteroatoms. The first-order valence-electron chi connectivity index (χ1n) is 9.41. The Hall–Kier alpha value is -2.10. The van der Waals surface area contributed by atoms with Gasteiger partial charge in [0.25, 0.3) is 0 Å². The van der Waals surface area contributed by atoms with Crippen molar-refractivity contribution >= 4 is 36.7 Å². The minimum atomic E-state index is -0.442. The molecule has 0 radical (unpaired) electrons. The van der Waals surface area contributed by atoms with Crippen molar-refractivity contribution in [1.29, 1.82) is 0 Å². The van der Waals surface area contributed by atoms with E-state index in [2.05, 4.69) is 15.4 Å². The van der Waals surface area contributed by atoms with Crippen molar-refractivity contribution in [3.05, 3.63) is 34.7 Å². The zero-order valence-electron chi connectivity index (χ0n) is 15.7. The molecule has 7 nitrogen and oxygen atoms in total. The van der Waals surface area contributed by atoms with Crippen molar-refractivity contribution in [3.63, 3.8) is 0 Å². The summed E-state index contributed by atoms with van der Waals surface area (Å²) in [6, 6.07) is 3.53. The Morgan fingerprint density at radius 1 is 1.29 bits per heavy atom. The number of hydrazine groups is 1. The fourth-order valence-corrected chi connectivity index (χ4v) is 3.94. The summed E-state index contributed by atoms with van der Waals surface area (Å²) in [5.41, 5.74) is 5.07. The molecule has 1 atom stereocenters. The average Bonchev–Trinajstić information content (AvgIpc) is 2.72. The van der Waals surface area contributed by atoms with Crippen molar-refractivity contribution in [3.8, 4) is 5.75 Å². The van der Waals surface area contributed by atoms with Crippen molar-refractivity contribution < 1.29 is 14.2 Å². The van der Waals surface area contributed by atoms with Gasteiger partial charge in [0.15, 0.2) is 11.6 Å². The third kappa shape index (κ3) is 3.87. The van der Waals surface area contributed by atoms with Gasteiger partial charge in [-0.25, -0.2) is 14.8 Å². The molecule has 2 N–H and O–H groups in total. The Labute approximate surface area is 168 Å². The third-order valence-electron chi connectivity index (χ3n) is 5.06. The van der Waals surface area contributed by atoms with Crippen LogP contribution in [0, 0.1) is 5.82 Å². The summed E-state index contributed by atoms with van der Waals surface area (Å²) in [6.07, 6.45) is 2.91. The van der Waals surface area contributed by atoms with E-state index in [1.165, 1.54) is 6.20 Å². The highest BCUT2D eigenvalue weighted by molar-refractivity contribution is 6.37. The topological polar surface area (TPSA) is 73.8 Å². The number of phenolic OH excluding ortho intramolecular Hbond substituents is 1. The molecule has 0 aliphatic carbocycles. The largest absolute Gasteiger partial charge is 0.506 e. The van der Waals surface area contributed by atoms with Gasteiger partial charge in [-0.3, -0.25) is 5.01 Å². The van der Waals surface area contributed by atoms with Gasteiger partial charge in [0.05, 0.1) is 30.5 Å². The van der Waals surface area contributed by atoms with Gasteiger partial charge in [-0.2, -0.15) is 4.98 Å². The van der Waals surface area contributed by atoms with Gasteiger partial charge < -0.3 is 14.7 Å². The summed E-state index contributed by atoms with van der Waals surface area (Å²) in [5.74, 6) is 0.340. The second-order valence-electron chi connectivity index (χ2n) is 7.10. The molecule has 2 saturated heterocycles. The molecular formula is C18H22BClFN5O2. The Balaban J connectivity index is 1.58. The van der Waals surface area contributed by atoms with Crippen LogP contribution in [0.4, 0.5) is 16.2 Å². The minimum absolute atomic E-state index is 0.0839. The highest BCUT2D eigenvalue weighted by atomic mass is 35.5. The zero-order valence-corrected chi connectivity index (χ0v) is 16.4. The highest BCUT2D eigenvalue weighted by Gasteiger charge is 2.27. The normalized spacial score (nSPS) is 20.4. The van der Waals surface area contributed by atoms with Crippen LogP contribution in [-0.4, -0.2) is 55.8 Å². The smallest absolute Gasteiger partial charge is 0.242 e. The van der Waals surface area contributed by atoms with Crippen LogP contribution >= 0.6 is 11.6 Å². The molecule has 1 aromatic heterocycles. The number of benzene rings is 1. The molecule has 148 valence electrons. The molecule has 2 aromatic rings. The number of phenols is 1. The fourth-order valence-electron chi connectivity index (χ4n) is 3.66. The molecule has 3 heterocycles. The second kappa shape index (κ2) is 8.10. The van der Waals surface area contributed by atoms with Gasteiger partial charge in [-0.1, -0.05) is 23.1 Å². The summed E-state index contributed by atoms with van der Waals surface area (Å²) in [5, 5.41) is 12.5. The van der Waals surface area contributed by atoms with Crippen LogP contribution in [0.3, 0.4) is 0 Å². The first-order chi connectivity index (χ1) is 13.5. The highest BCUT2D eigenvalue weighted by Crippen LogP contribution is 2.34. The molecule has 1 aromatic carbocycles. The number of morpholine rings is 1. The minimum Gasteiger partial charge on any atom is -0.506 e. The van der Waals surface area contributed by atoms with E-state index < -0.39 is 5.82 Å². The molecular weight excluding hydrogens is 383 g/mol. The maximum absolute atomic E-state index is 14.3. The monoisotopic (exact) mass is 405 g/mol. The van der Waals surface area contributed by atoms with E-state index in [1.807, 2.05) is 23.8 Å². The summed E-state index contributed by atoms with van der Waals surface area (Å²) < 4.78 is 19.6. The van der Waals surface area contributed by atoms with E-state index in [-0.39, 0.29) is 11.8 Å². The first-order valence-corrected chi connectivity index (χ1v) is 9.78. The number of aromatic hydroxyl groups is 1. The molecule has 0 bridgehead atoms. The first kappa shape index (κ1) is 19.2. The van der Waals surface area contributed by atoms with Crippen molar-refractivity contribution in [2.24, 2.45) is 0 Å². The lowest BCUT2D eigenvalue weighted by Gasteiger charge is -2.35. The quantitative estimate of drug-likeness (QED) is 0.736. The number of ether oxygens (including phenoxy) is 1. The zero-order chi connectivity index (χ0) is 19.7. The summed E-state index contributed by atoms with van der Waals surface area (Å²) in [7, 11) is 1.94. The van der Waals surface area contributed by atoms with Gasteiger partial charge in [0.1, 0.15) is 13.6 Å². The molecule has 28 heavy (non-hydrogen) atoms. The van der Waals surface area contributed by atoms with Crippen LogP contribution in [-0.2, 0) is 4.74 Å². The van der Waals surface area contributed by atoms with E-state index in [0.29, 0.717) is 49.6 Å². The van der Waals surface area contributed by atoms with E-state index in [1.54, 1.807) is 6.07 Å². The van der Waals surface area contributed by atoms with Crippen molar-refractivity contribution in [2.45, 2.75) is 18.9 Å². The SMILES string of the molecule is Bc1cc(Cl)c(O)c(C2CCCN(c3ncc(F)c(N4CCOCC4)n3)N2)c1. The Kier molecular flexibility index (Phi) is 5.57. The van der Waals surface area contributed by atoms with E-state index >= 15 is 0 Å². The molecule has 0 spiro atoms. The summed E-state index contributed by atoms with van der Waals surface area (Å²) >= 11 is 6.14. The van der Waals surface area contributed by atoms with Crippen LogP contribution in [0.1, 0.15) is 24.4 Å². The lowest BCUT2D eigenvalue weighted by Crippen LogP contribution is -2.46. The third-order valence-corrected chi connectivity index (χ3v) is 5.35. The lowest BCUT2D eigenvalue weighted by molar-refractivity contribution is 0.122. The molecule has 2 aliphatic heterocycles. The van der Waals surface area contributed by atoms with Gasteiger partial charge in [0, 0.05) is 25.2 Å². The number of halogens is 2. The van der Waals surface area contributed by atoms with Crippen LogP contribution in [0.15, 0.2) is 18.3 Å². The van der Waals surface area contributed by atoms with E-state index in [0.717, 1.165) is 23.9 Å².